The molecule has 22 heavy (non-hydrogen) atoms. The first-order valence-electron chi connectivity index (χ1n) is 9.67. The summed E-state index contributed by atoms with van der Waals surface area (Å²) in [7, 11) is 0. The summed E-state index contributed by atoms with van der Waals surface area (Å²) in [4.78, 5) is 5.53. The number of likely N-dealkylation sites (tertiary alicyclic amines) is 2. The third-order valence-corrected chi connectivity index (χ3v) is 6.63. The predicted octanol–water partition coefficient (Wildman–Crippen LogP) is 1.85. The van der Waals surface area contributed by atoms with Crippen molar-refractivity contribution in [1.29, 1.82) is 0 Å². The van der Waals surface area contributed by atoms with Gasteiger partial charge in [0.2, 0.25) is 0 Å². The molecule has 1 N–H and O–H groups in total. The summed E-state index contributed by atoms with van der Waals surface area (Å²) in [5, 5.41) is 3.47. The van der Waals surface area contributed by atoms with Crippen molar-refractivity contribution < 1.29 is 4.74 Å². The highest BCUT2D eigenvalue weighted by molar-refractivity contribution is 4.97. The smallest absolute Gasteiger partial charge is 0.0723 e. The minimum atomic E-state index is 0.222. The van der Waals surface area contributed by atoms with E-state index in [0.717, 1.165) is 25.7 Å². The maximum Gasteiger partial charge on any atom is 0.0723 e. The zero-order chi connectivity index (χ0) is 14.8. The third-order valence-electron chi connectivity index (χ3n) is 6.63. The Morgan fingerprint density at radius 1 is 0.818 bits per heavy atom. The van der Waals surface area contributed by atoms with E-state index in [1.165, 1.54) is 77.5 Å². The minimum absolute atomic E-state index is 0.222. The lowest BCUT2D eigenvalue weighted by atomic mass is 9.87. The summed E-state index contributed by atoms with van der Waals surface area (Å²) in [5.74, 6) is 0. The van der Waals surface area contributed by atoms with Gasteiger partial charge in [-0.15, -0.1) is 0 Å². The number of nitrogens with zero attached hydrogens (tertiary/aromatic N) is 2. The van der Waals surface area contributed by atoms with Crippen LogP contribution < -0.4 is 5.32 Å². The third kappa shape index (κ3) is 3.21. The molecule has 0 radical (unpaired) electrons. The fourth-order valence-corrected chi connectivity index (χ4v) is 5.19. The highest BCUT2D eigenvalue weighted by Gasteiger charge is 2.43. The molecule has 4 aliphatic rings. The van der Waals surface area contributed by atoms with E-state index in [1.54, 1.807) is 0 Å². The Bertz CT molecular complexity index is 355. The van der Waals surface area contributed by atoms with Crippen molar-refractivity contribution in [3.63, 3.8) is 0 Å². The Morgan fingerprint density at radius 2 is 1.50 bits per heavy atom. The van der Waals surface area contributed by atoms with Gasteiger partial charge >= 0.3 is 0 Å². The Hall–Kier alpha value is -0.160. The van der Waals surface area contributed by atoms with E-state index in [-0.39, 0.29) is 5.60 Å². The van der Waals surface area contributed by atoms with Crippen LogP contribution in [0.1, 0.15) is 51.4 Å². The summed E-state index contributed by atoms with van der Waals surface area (Å²) in [6, 6.07) is 1.56. The quantitative estimate of drug-likeness (QED) is 0.842. The molecule has 0 bridgehead atoms. The van der Waals surface area contributed by atoms with Gasteiger partial charge < -0.3 is 15.0 Å². The van der Waals surface area contributed by atoms with Crippen LogP contribution in [0.15, 0.2) is 0 Å². The lowest BCUT2D eigenvalue weighted by molar-refractivity contribution is -0.0206. The van der Waals surface area contributed by atoms with Gasteiger partial charge in [0.15, 0.2) is 0 Å². The van der Waals surface area contributed by atoms with Crippen LogP contribution in [0.3, 0.4) is 0 Å². The summed E-state index contributed by atoms with van der Waals surface area (Å²) in [6.45, 7) is 8.57. The lowest BCUT2D eigenvalue weighted by Crippen LogP contribution is -2.50. The van der Waals surface area contributed by atoms with Crippen molar-refractivity contribution in [3.8, 4) is 0 Å². The Kier molecular flexibility index (Phi) is 4.72. The monoisotopic (exact) mass is 307 g/mol. The van der Waals surface area contributed by atoms with Gasteiger partial charge in [0.1, 0.15) is 0 Å². The Balaban J connectivity index is 1.27. The fourth-order valence-electron chi connectivity index (χ4n) is 5.19. The van der Waals surface area contributed by atoms with Gasteiger partial charge in [0, 0.05) is 25.2 Å². The first kappa shape index (κ1) is 15.4. The number of ether oxygens (including phenoxy) is 1. The van der Waals surface area contributed by atoms with E-state index in [9.17, 15) is 0 Å². The van der Waals surface area contributed by atoms with Crippen LogP contribution in [0.2, 0.25) is 0 Å². The zero-order valence-electron chi connectivity index (χ0n) is 14.1. The molecule has 0 aromatic carbocycles. The molecule has 4 heteroatoms. The number of rotatable bonds is 2. The molecule has 4 aliphatic heterocycles. The van der Waals surface area contributed by atoms with Gasteiger partial charge in [-0.3, -0.25) is 4.90 Å². The second kappa shape index (κ2) is 6.76. The zero-order valence-corrected chi connectivity index (χ0v) is 14.1. The van der Waals surface area contributed by atoms with Crippen molar-refractivity contribution in [1.82, 2.24) is 15.1 Å². The number of nitrogens with one attached hydrogen (secondary N) is 1. The van der Waals surface area contributed by atoms with Crippen LogP contribution in [-0.4, -0.2) is 73.4 Å². The van der Waals surface area contributed by atoms with Gasteiger partial charge in [-0.05, 0) is 71.1 Å². The van der Waals surface area contributed by atoms with Crippen LogP contribution in [0.25, 0.3) is 0 Å². The largest absolute Gasteiger partial charge is 0.373 e. The first-order chi connectivity index (χ1) is 10.8. The summed E-state index contributed by atoms with van der Waals surface area (Å²) in [6.07, 6.45) is 10.8. The van der Waals surface area contributed by atoms with Crippen LogP contribution in [0.4, 0.5) is 0 Å². The number of hydrogen-bond acceptors (Lipinski definition) is 4. The highest BCUT2D eigenvalue weighted by atomic mass is 16.5. The van der Waals surface area contributed by atoms with Crippen molar-refractivity contribution in [2.75, 3.05) is 45.9 Å². The average molecular weight is 307 g/mol. The predicted molar refractivity (Wildman–Crippen MR) is 89.2 cm³/mol. The average Bonchev–Trinajstić information content (AvgIpc) is 3.00. The van der Waals surface area contributed by atoms with Crippen molar-refractivity contribution in [3.05, 3.63) is 0 Å². The van der Waals surface area contributed by atoms with Gasteiger partial charge in [-0.1, -0.05) is 6.42 Å². The molecule has 0 saturated carbocycles. The van der Waals surface area contributed by atoms with Crippen LogP contribution in [-0.2, 0) is 4.74 Å². The normalized spacial score (nSPS) is 35.2. The molecule has 0 amide bonds. The van der Waals surface area contributed by atoms with Gasteiger partial charge in [0.25, 0.3) is 0 Å². The van der Waals surface area contributed by atoms with E-state index >= 15 is 0 Å². The Labute approximate surface area is 135 Å². The second-order valence-electron chi connectivity index (χ2n) is 7.97. The summed E-state index contributed by atoms with van der Waals surface area (Å²) < 4.78 is 6.30. The SMILES string of the molecule is C1CCN(C2CCN([C@H]3COC4(CCNCC4)C3)CC2)CC1. The molecular weight excluding hydrogens is 274 g/mol. The molecule has 0 unspecified atom stereocenters. The van der Waals surface area contributed by atoms with Crippen LogP contribution >= 0.6 is 0 Å². The summed E-state index contributed by atoms with van der Waals surface area (Å²) >= 11 is 0. The second-order valence-corrected chi connectivity index (χ2v) is 7.97. The molecule has 1 spiro atoms. The Morgan fingerprint density at radius 3 is 2.23 bits per heavy atom. The van der Waals surface area contributed by atoms with E-state index in [4.69, 9.17) is 4.74 Å². The maximum atomic E-state index is 6.30. The van der Waals surface area contributed by atoms with E-state index in [0.29, 0.717) is 6.04 Å². The molecular formula is C18H33N3O. The molecule has 0 aliphatic carbocycles. The molecule has 1 atom stereocenters. The van der Waals surface area contributed by atoms with Crippen LogP contribution in [0.5, 0.6) is 0 Å². The summed E-state index contributed by atoms with van der Waals surface area (Å²) in [5.41, 5.74) is 0.222. The molecule has 4 fully saturated rings. The lowest BCUT2D eigenvalue weighted by Gasteiger charge is -2.42. The van der Waals surface area contributed by atoms with Crippen molar-refractivity contribution in [2.45, 2.75) is 69.1 Å². The highest BCUT2D eigenvalue weighted by Crippen LogP contribution is 2.37. The van der Waals surface area contributed by atoms with Gasteiger partial charge in [-0.25, -0.2) is 0 Å². The molecule has 4 nitrogen and oxygen atoms in total. The molecule has 0 aromatic heterocycles. The van der Waals surface area contributed by atoms with E-state index in [1.807, 2.05) is 0 Å². The molecule has 4 saturated heterocycles. The van der Waals surface area contributed by atoms with Crippen LogP contribution in [0, 0.1) is 0 Å². The van der Waals surface area contributed by atoms with Crippen molar-refractivity contribution in [2.24, 2.45) is 0 Å². The molecule has 4 rings (SSSR count). The number of piperidine rings is 3. The standard InChI is InChI=1S/C18H33N3O/c1-2-10-20(11-3-1)16-4-12-21(13-5-16)17-14-18(22-15-17)6-8-19-9-7-18/h16-17,19H,1-15H2/t17-/m1/s1. The molecule has 0 aromatic rings. The van der Waals surface area contributed by atoms with Gasteiger partial charge in [0.05, 0.1) is 12.2 Å². The van der Waals surface area contributed by atoms with Gasteiger partial charge in [-0.2, -0.15) is 0 Å². The van der Waals surface area contributed by atoms with E-state index < -0.39 is 0 Å². The maximum absolute atomic E-state index is 6.30. The van der Waals surface area contributed by atoms with Crippen molar-refractivity contribution >= 4 is 0 Å². The molecule has 126 valence electrons. The van der Waals surface area contributed by atoms with E-state index in [2.05, 4.69) is 15.1 Å². The fraction of sp³-hybridized carbons (Fsp3) is 1.00. The molecule has 4 heterocycles. The topological polar surface area (TPSA) is 27.7 Å². The number of hydrogen-bond donors (Lipinski definition) is 1. The first-order valence-corrected chi connectivity index (χ1v) is 9.67. The minimum Gasteiger partial charge on any atom is -0.373 e.